The van der Waals surface area contributed by atoms with Crippen LogP contribution in [0.5, 0.6) is 5.75 Å². The van der Waals surface area contributed by atoms with Gasteiger partial charge in [-0.25, -0.2) is 9.59 Å². The van der Waals surface area contributed by atoms with Gasteiger partial charge in [0.1, 0.15) is 12.4 Å². The fourth-order valence-corrected chi connectivity index (χ4v) is 2.30. The molecular formula is C17H16Cl3NO5. The van der Waals surface area contributed by atoms with E-state index in [1.54, 1.807) is 20.1 Å². The Bertz CT molecular complexity index is 807. The Balaban J connectivity index is 1.97. The Morgan fingerprint density at radius 2 is 1.77 bits per heavy atom. The van der Waals surface area contributed by atoms with Crippen LogP contribution < -0.4 is 10.2 Å². The normalized spacial score (nSPS) is 12.3. The molecule has 0 aromatic heterocycles. The molecule has 0 spiro atoms. The van der Waals surface area contributed by atoms with E-state index in [4.69, 9.17) is 44.4 Å². The van der Waals surface area contributed by atoms with Crippen molar-refractivity contribution in [2.45, 2.75) is 16.6 Å². The summed E-state index contributed by atoms with van der Waals surface area (Å²) in [6, 6.07) is 11.2. The zero-order valence-electron chi connectivity index (χ0n) is 13.9. The predicted octanol–water partition coefficient (Wildman–Crippen LogP) is 4.51. The van der Waals surface area contributed by atoms with Crippen LogP contribution in [-0.2, 0) is 14.4 Å². The number of alkyl halides is 3. The van der Waals surface area contributed by atoms with E-state index in [0.29, 0.717) is 0 Å². The Labute approximate surface area is 165 Å². The molecule has 0 bridgehead atoms. The van der Waals surface area contributed by atoms with Crippen molar-refractivity contribution in [2.24, 2.45) is 0 Å². The summed E-state index contributed by atoms with van der Waals surface area (Å²) in [6.45, 7) is 1.17. The number of fused-ring (bicyclic) bond motifs is 1. The molecule has 1 atom stereocenters. The Morgan fingerprint density at radius 1 is 1.12 bits per heavy atom. The monoisotopic (exact) mass is 419 g/mol. The molecule has 0 radical (unpaired) electrons. The van der Waals surface area contributed by atoms with Gasteiger partial charge in [-0.1, -0.05) is 59.1 Å². The first-order valence-corrected chi connectivity index (χ1v) is 8.61. The largest absolute Gasteiger partial charge is 0.497 e. The van der Waals surface area contributed by atoms with Gasteiger partial charge < -0.3 is 14.3 Å². The second kappa shape index (κ2) is 8.66. The topological polar surface area (TPSA) is 73.9 Å². The maximum Gasteiger partial charge on any atom is 0.440 e. The van der Waals surface area contributed by atoms with Gasteiger partial charge in [0.15, 0.2) is 0 Å². The second-order valence-corrected chi connectivity index (χ2v) is 7.92. The minimum atomic E-state index is -1.75. The Hall–Kier alpha value is -1.89. The van der Waals surface area contributed by atoms with Gasteiger partial charge in [-0.15, -0.1) is 5.48 Å². The van der Waals surface area contributed by atoms with E-state index in [-0.39, 0.29) is 0 Å². The van der Waals surface area contributed by atoms with Gasteiger partial charge in [0.05, 0.1) is 13.0 Å². The Kier molecular flexibility index (Phi) is 6.81. The number of benzene rings is 2. The first kappa shape index (κ1) is 20.4. The summed E-state index contributed by atoms with van der Waals surface area (Å²) in [6.07, 6.45) is -1.04. The average Bonchev–Trinajstić information content (AvgIpc) is 2.62. The van der Waals surface area contributed by atoms with Crippen molar-refractivity contribution >= 4 is 57.6 Å². The SMILES string of the molecule is COc1ccc2cc(C(C)C(=O)ONC(=O)OCC(Cl)(Cl)Cl)ccc2c1. The van der Waals surface area contributed by atoms with E-state index in [1.807, 2.05) is 35.8 Å². The first-order chi connectivity index (χ1) is 12.2. The van der Waals surface area contributed by atoms with Crippen LogP contribution in [0.4, 0.5) is 4.79 Å². The molecule has 0 saturated heterocycles. The summed E-state index contributed by atoms with van der Waals surface area (Å²) >= 11 is 16.3. The Morgan fingerprint density at radius 3 is 2.42 bits per heavy atom. The summed E-state index contributed by atoms with van der Waals surface area (Å²) in [5, 5.41) is 1.92. The van der Waals surface area contributed by atoms with E-state index >= 15 is 0 Å². The lowest BCUT2D eigenvalue weighted by Crippen LogP contribution is -2.31. The summed E-state index contributed by atoms with van der Waals surface area (Å²) in [5.41, 5.74) is 2.58. The van der Waals surface area contributed by atoms with E-state index < -0.39 is 28.4 Å². The number of halogens is 3. The van der Waals surface area contributed by atoms with Crippen LogP contribution in [0.1, 0.15) is 18.4 Å². The molecule has 1 N–H and O–H groups in total. The number of nitrogens with one attached hydrogen (secondary N) is 1. The minimum Gasteiger partial charge on any atom is -0.497 e. The molecule has 9 heteroatoms. The third-order valence-electron chi connectivity index (χ3n) is 3.53. The number of hydroxylamine groups is 1. The molecule has 0 heterocycles. The van der Waals surface area contributed by atoms with Crippen LogP contribution >= 0.6 is 34.8 Å². The number of amides is 1. The number of hydrogen-bond acceptors (Lipinski definition) is 5. The standard InChI is InChI=1S/C17H16Cl3NO5/c1-10(15(22)26-21-16(23)25-9-17(18,19)20)11-3-4-13-8-14(24-2)6-5-12(13)7-11/h3-8,10H,9H2,1-2H3,(H,21,23). The smallest absolute Gasteiger partial charge is 0.440 e. The van der Waals surface area contributed by atoms with Crippen LogP contribution in [-0.4, -0.2) is 29.6 Å². The minimum absolute atomic E-state index is 0.481. The lowest BCUT2D eigenvalue weighted by Gasteiger charge is -2.14. The quantitative estimate of drug-likeness (QED) is 0.582. The fourth-order valence-electron chi connectivity index (χ4n) is 2.13. The summed E-state index contributed by atoms with van der Waals surface area (Å²) in [4.78, 5) is 28.2. The van der Waals surface area contributed by atoms with Crippen molar-refractivity contribution in [1.82, 2.24) is 5.48 Å². The van der Waals surface area contributed by atoms with Gasteiger partial charge in [0.2, 0.25) is 3.79 Å². The number of rotatable bonds is 4. The number of hydrogen-bond donors (Lipinski definition) is 1. The molecule has 0 aliphatic carbocycles. The molecule has 1 unspecified atom stereocenters. The molecule has 6 nitrogen and oxygen atoms in total. The molecule has 2 aromatic rings. The molecule has 0 aliphatic heterocycles. The molecule has 0 aliphatic rings. The molecule has 0 fully saturated rings. The highest BCUT2D eigenvalue weighted by atomic mass is 35.6. The predicted molar refractivity (Wildman–Crippen MR) is 99.8 cm³/mol. The van der Waals surface area contributed by atoms with E-state index in [1.165, 1.54) is 0 Å². The van der Waals surface area contributed by atoms with Gasteiger partial charge in [-0.3, -0.25) is 0 Å². The van der Waals surface area contributed by atoms with E-state index in [0.717, 1.165) is 22.1 Å². The number of methoxy groups -OCH3 is 1. The van der Waals surface area contributed by atoms with E-state index in [9.17, 15) is 9.59 Å². The van der Waals surface area contributed by atoms with Crippen molar-refractivity contribution < 1.29 is 23.9 Å². The molecule has 140 valence electrons. The van der Waals surface area contributed by atoms with Crippen LogP contribution in [0.25, 0.3) is 10.8 Å². The average molecular weight is 421 g/mol. The number of carbonyl (C=O) groups excluding carboxylic acids is 2. The fraction of sp³-hybridized carbons (Fsp3) is 0.294. The molecule has 2 aromatic carbocycles. The highest BCUT2D eigenvalue weighted by Crippen LogP contribution is 2.26. The van der Waals surface area contributed by atoms with Crippen LogP contribution in [0.2, 0.25) is 0 Å². The summed E-state index contributed by atoms with van der Waals surface area (Å²) in [7, 11) is 1.60. The lowest BCUT2D eigenvalue weighted by molar-refractivity contribution is -0.151. The van der Waals surface area contributed by atoms with Crippen molar-refractivity contribution in [2.75, 3.05) is 13.7 Å². The van der Waals surface area contributed by atoms with Crippen molar-refractivity contribution in [1.29, 1.82) is 0 Å². The zero-order valence-corrected chi connectivity index (χ0v) is 16.2. The molecule has 26 heavy (non-hydrogen) atoms. The van der Waals surface area contributed by atoms with Gasteiger partial charge >= 0.3 is 12.1 Å². The third-order valence-corrected chi connectivity index (χ3v) is 3.85. The maximum absolute atomic E-state index is 12.1. The van der Waals surface area contributed by atoms with Gasteiger partial charge in [-0.2, -0.15) is 0 Å². The molecule has 2 rings (SSSR count). The highest BCUT2D eigenvalue weighted by Gasteiger charge is 2.23. The molecule has 1 amide bonds. The number of ether oxygens (including phenoxy) is 2. The lowest BCUT2D eigenvalue weighted by atomic mass is 9.98. The van der Waals surface area contributed by atoms with Crippen LogP contribution in [0.3, 0.4) is 0 Å². The molecule has 0 saturated carbocycles. The number of carbonyl (C=O) groups is 2. The summed E-state index contributed by atoms with van der Waals surface area (Å²) < 4.78 is 8.02. The highest BCUT2D eigenvalue weighted by molar-refractivity contribution is 6.67. The van der Waals surface area contributed by atoms with E-state index in [2.05, 4.69) is 4.74 Å². The zero-order chi connectivity index (χ0) is 19.3. The summed E-state index contributed by atoms with van der Waals surface area (Å²) in [5.74, 6) is -0.533. The van der Waals surface area contributed by atoms with Crippen molar-refractivity contribution in [3.8, 4) is 5.75 Å². The van der Waals surface area contributed by atoms with Gasteiger partial charge in [0, 0.05) is 0 Å². The van der Waals surface area contributed by atoms with Crippen LogP contribution in [0.15, 0.2) is 36.4 Å². The van der Waals surface area contributed by atoms with Gasteiger partial charge in [0.25, 0.3) is 0 Å². The first-order valence-electron chi connectivity index (χ1n) is 7.47. The van der Waals surface area contributed by atoms with Crippen molar-refractivity contribution in [3.63, 3.8) is 0 Å². The maximum atomic E-state index is 12.1. The second-order valence-electron chi connectivity index (χ2n) is 5.41. The third kappa shape index (κ3) is 5.83. The van der Waals surface area contributed by atoms with Crippen molar-refractivity contribution in [3.05, 3.63) is 42.0 Å². The van der Waals surface area contributed by atoms with Gasteiger partial charge in [-0.05, 0) is 35.4 Å². The molecular weight excluding hydrogens is 405 g/mol. The van der Waals surface area contributed by atoms with Crippen LogP contribution in [0, 0.1) is 0 Å².